The molecule has 0 bridgehead atoms. The smallest absolute Gasteiger partial charge is 0.323 e. The number of nitrogens with one attached hydrogen (secondary N) is 1. The van der Waals surface area contributed by atoms with Gasteiger partial charge >= 0.3 is 5.97 Å². The number of imidazole rings is 1. The molecule has 1 aliphatic heterocycles. The highest BCUT2D eigenvalue weighted by Gasteiger charge is 2.39. The van der Waals surface area contributed by atoms with E-state index in [1.54, 1.807) is 30.4 Å². The van der Waals surface area contributed by atoms with Crippen molar-refractivity contribution in [3.05, 3.63) is 52.0 Å². The summed E-state index contributed by atoms with van der Waals surface area (Å²) in [5.41, 5.74) is 2.18. The number of carboxylic acid groups (broad SMARTS) is 1. The van der Waals surface area contributed by atoms with Crippen LogP contribution in [0, 0.1) is 0 Å². The summed E-state index contributed by atoms with van der Waals surface area (Å²) in [4.78, 5) is 44.1. The molecular weight excluding hydrogens is 452 g/mol. The molecule has 1 aliphatic rings. The summed E-state index contributed by atoms with van der Waals surface area (Å²) in [5, 5.41) is 13.9. The van der Waals surface area contributed by atoms with Gasteiger partial charge < -0.3 is 19.9 Å². The SMILES string of the molecule is CCC(CC)n1c(Cc2cccs2)nc2cc(C(=O)N[C@H]3CC(C)N(CC(=O)O)C3=O)ccc21. The molecule has 3 heterocycles. The van der Waals surface area contributed by atoms with Crippen LogP contribution in [0.5, 0.6) is 0 Å². The first-order chi connectivity index (χ1) is 16.3. The van der Waals surface area contributed by atoms with Crippen molar-refractivity contribution in [1.29, 1.82) is 0 Å². The Kier molecular flexibility index (Phi) is 7.02. The van der Waals surface area contributed by atoms with Crippen LogP contribution in [0.1, 0.15) is 67.1 Å². The fourth-order valence-corrected chi connectivity index (χ4v) is 5.47. The summed E-state index contributed by atoms with van der Waals surface area (Å²) < 4.78 is 2.29. The zero-order valence-corrected chi connectivity index (χ0v) is 20.5. The maximum absolute atomic E-state index is 13.0. The molecule has 2 amide bonds. The Morgan fingerprint density at radius 3 is 2.68 bits per heavy atom. The molecule has 0 spiro atoms. The van der Waals surface area contributed by atoms with E-state index in [2.05, 4.69) is 35.2 Å². The number of fused-ring (bicyclic) bond motifs is 1. The average Bonchev–Trinajstić information content (AvgIpc) is 3.50. The van der Waals surface area contributed by atoms with Crippen LogP contribution in [0.3, 0.4) is 0 Å². The Labute approximate surface area is 202 Å². The Balaban J connectivity index is 1.60. The third-order valence-electron chi connectivity index (χ3n) is 6.55. The summed E-state index contributed by atoms with van der Waals surface area (Å²) in [6, 6.07) is 8.97. The Morgan fingerprint density at radius 2 is 2.03 bits per heavy atom. The lowest BCUT2D eigenvalue weighted by Crippen LogP contribution is -2.43. The molecule has 3 aromatic rings. The second-order valence-corrected chi connectivity index (χ2v) is 9.83. The number of benzene rings is 1. The first-order valence-electron chi connectivity index (χ1n) is 11.7. The van der Waals surface area contributed by atoms with Crippen LogP contribution >= 0.6 is 11.3 Å². The van der Waals surface area contributed by atoms with Gasteiger partial charge in [0.15, 0.2) is 0 Å². The molecule has 1 unspecified atom stereocenters. The van der Waals surface area contributed by atoms with E-state index in [0.717, 1.165) is 36.1 Å². The molecule has 1 fully saturated rings. The van der Waals surface area contributed by atoms with Crippen molar-refractivity contribution in [3.8, 4) is 0 Å². The number of carboxylic acids is 1. The lowest BCUT2D eigenvalue weighted by molar-refractivity contribution is -0.144. The minimum absolute atomic E-state index is 0.244. The molecule has 0 radical (unpaired) electrons. The number of thiophene rings is 1. The molecule has 180 valence electrons. The monoisotopic (exact) mass is 482 g/mol. The minimum Gasteiger partial charge on any atom is -0.480 e. The van der Waals surface area contributed by atoms with E-state index in [1.807, 2.05) is 12.1 Å². The van der Waals surface area contributed by atoms with Gasteiger partial charge in [0.25, 0.3) is 5.91 Å². The molecule has 0 aliphatic carbocycles. The van der Waals surface area contributed by atoms with Crippen molar-refractivity contribution in [3.63, 3.8) is 0 Å². The maximum atomic E-state index is 13.0. The fourth-order valence-electron chi connectivity index (χ4n) is 4.77. The van der Waals surface area contributed by atoms with Crippen LogP contribution in [0.4, 0.5) is 0 Å². The quantitative estimate of drug-likeness (QED) is 0.482. The lowest BCUT2D eigenvalue weighted by Gasteiger charge is -2.19. The third kappa shape index (κ3) is 4.70. The van der Waals surface area contributed by atoms with Crippen LogP contribution in [0.25, 0.3) is 11.0 Å². The van der Waals surface area contributed by atoms with Crippen LogP contribution in [-0.4, -0.2) is 56.0 Å². The topological polar surface area (TPSA) is 105 Å². The van der Waals surface area contributed by atoms with Gasteiger partial charge in [0.2, 0.25) is 5.91 Å². The van der Waals surface area contributed by atoms with Gasteiger partial charge in [0.1, 0.15) is 18.4 Å². The zero-order valence-electron chi connectivity index (χ0n) is 19.7. The molecule has 4 rings (SSSR count). The molecular formula is C25H30N4O4S. The summed E-state index contributed by atoms with van der Waals surface area (Å²) in [5.74, 6) is -0.807. The molecule has 1 saturated heterocycles. The maximum Gasteiger partial charge on any atom is 0.323 e. The number of carbonyl (C=O) groups is 3. The third-order valence-corrected chi connectivity index (χ3v) is 7.42. The van der Waals surface area contributed by atoms with E-state index < -0.39 is 12.0 Å². The number of likely N-dealkylation sites (tertiary alicyclic amines) is 1. The van der Waals surface area contributed by atoms with Crippen molar-refractivity contribution in [1.82, 2.24) is 19.8 Å². The molecule has 2 N–H and O–H groups in total. The van der Waals surface area contributed by atoms with E-state index in [9.17, 15) is 14.4 Å². The van der Waals surface area contributed by atoms with Crippen LogP contribution < -0.4 is 5.32 Å². The summed E-state index contributed by atoms with van der Waals surface area (Å²) >= 11 is 1.70. The summed E-state index contributed by atoms with van der Waals surface area (Å²) in [6.07, 6.45) is 3.08. The van der Waals surface area contributed by atoms with Gasteiger partial charge in [-0.05, 0) is 55.8 Å². The number of carbonyl (C=O) groups excluding carboxylic acids is 2. The normalized spacial score (nSPS) is 18.2. The van der Waals surface area contributed by atoms with E-state index in [0.29, 0.717) is 18.0 Å². The van der Waals surface area contributed by atoms with Gasteiger partial charge in [-0.25, -0.2) is 4.98 Å². The number of aliphatic carboxylic acids is 1. The highest BCUT2D eigenvalue weighted by Crippen LogP contribution is 2.28. The molecule has 2 aromatic heterocycles. The van der Waals surface area contributed by atoms with Crippen LogP contribution in [0.2, 0.25) is 0 Å². The fraction of sp³-hybridized carbons (Fsp3) is 0.440. The van der Waals surface area contributed by atoms with Crippen molar-refractivity contribution >= 4 is 40.2 Å². The number of aromatic nitrogens is 2. The van der Waals surface area contributed by atoms with Crippen LogP contribution in [-0.2, 0) is 16.0 Å². The molecule has 0 saturated carbocycles. The van der Waals surface area contributed by atoms with Crippen molar-refractivity contribution in [2.75, 3.05) is 6.54 Å². The number of nitrogens with zero attached hydrogens (tertiary/aromatic N) is 3. The molecule has 2 atom stereocenters. The number of hydrogen-bond acceptors (Lipinski definition) is 5. The molecule has 1 aromatic carbocycles. The van der Waals surface area contributed by atoms with Gasteiger partial charge in [-0.2, -0.15) is 0 Å². The summed E-state index contributed by atoms with van der Waals surface area (Å²) in [7, 11) is 0. The van der Waals surface area contributed by atoms with Crippen molar-refractivity contribution in [2.24, 2.45) is 0 Å². The average molecular weight is 483 g/mol. The predicted molar refractivity (Wildman–Crippen MR) is 131 cm³/mol. The summed E-state index contributed by atoms with van der Waals surface area (Å²) in [6.45, 7) is 5.77. The van der Waals surface area contributed by atoms with Gasteiger partial charge in [0.05, 0.1) is 11.0 Å². The van der Waals surface area contributed by atoms with E-state index in [1.165, 1.54) is 9.78 Å². The van der Waals surface area contributed by atoms with Gasteiger partial charge in [-0.15, -0.1) is 11.3 Å². The number of rotatable bonds is 9. The lowest BCUT2D eigenvalue weighted by atomic mass is 10.1. The second kappa shape index (κ2) is 9.97. The van der Waals surface area contributed by atoms with Gasteiger partial charge in [-0.3, -0.25) is 14.4 Å². The van der Waals surface area contributed by atoms with E-state index in [4.69, 9.17) is 10.1 Å². The van der Waals surface area contributed by atoms with E-state index in [-0.39, 0.29) is 24.4 Å². The largest absolute Gasteiger partial charge is 0.480 e. The first-order valence-corrected chi connectivity index (χ1v) is 12.6. The van der Waals surface area contributed by atoms with E-state index >= 15 is 0 Å². The van der Waals surface area contributed by atoms with Gasteiger partial charge in [-0.1, -0.05) is 19.9 Å². The molecule has 9 heteroatoms. The standard InChI is InChI=1S/C25H30N4O4S/c1-4-17(5-2)29-21-9-8-16(12-19(21)26-22(29)13-18-7-6-10-34-18)24(32)27-20-11-15(3)28(25(20)33)14-23(30)31/h6-10,12,15,17,20H,4-5,11,13-14H2,1-3H3,(H,27,32)(H,30,31)/t15?,20-/m0/s1. The first kappa shape index (κ1) is 23.9. The highest BCUT2D eigenvalue weighted by atomic mass is 32.1. The Bertz CT molecular complexity index is 1200. The molecule has 34 heavy (non-hydrogen) atoms. The zero-order chi connectivity index (χ0) is 24.4. The second-order valence-electron chi connectivity index (χ2n) is 8.80. The van der Waals surface area contributed by atoms with Crippen molar-refractivity contribution in [2.45, 2.75) is 64.6 Å². The Hall–Kier alpha value is -3.20. The Morgan fingerprint density at radius 1 is 1.26 bits per heavy atom. The van der Waals surface area contributed by atoms with Crippen LogP contribution in [0.15, 0.2) is 35.7 Å². The number of amides is 2. The minimum atomic E-state index is -1.07. The van der Waals surface area contributed by atoms with Gasteiger partial charge in [0, 0.05) is 28.9 Å². The van der Waals surface area contributed by atoms with Crippen molar-refractivity contribution < 1.29 is 19.5 Å². The number of hydrogen-bond donors (Lipinski definition) is 2. The predicted octanol–water partition coefficient (Wildman–Crippen LogP) is 3.85. The molecule has 8 nitrogen and oxygen atoms in total. The highest BCUT2D eigenvalue weighted by molar-refractivity contribution is 7.09.